The molecule has 0 bridgehead atoms. The molecule has 0 saturated heterocycles. The normalized spacial score (nSPS) is 10.3. The monoisotopic (exact) mass is 327 g/mol. The summed E-state index contributed by atoms with van der Waals surface area (Å²) in [6.07, 6.45) is 2.97. The van der Waals surface area contributed by atoms with E-state index in [-0.39, 0.29) is 13.2 Å². The second-order valence-corrected chi connectivity index (χ2v) is 4.97. The van der Waals surface area contributed by atoms with E-state index in [9.17, 15) is 4.79 Å². The van der Waals surface area contributed by atoms with E-state index in [0.29, 0.717) is 16.3 Å². The first-order chi connectivity index (χ1) is 11.2. The Bertz CT molecular complexity index is 715. The molecule has 4 nitrogen and oxygen atoms in total. The molecule has 0 aliphatic carbocycles. The zero-order valence-electron chi connectivity index (χ0n) is 12.2. The van der Waals surface area contributed by atoms with Crippen LogP contribution < -0.4 is 4.74 Å². The molecule has 0 amide bonds. The van der Waals surface area contributed by atoms with E-state index >= 15 is 0 Å². The van der Waals surface area contributed by atoms with Crippen LogP contribution in [-0.4, -0.2) is 19.2 Å². The number of benzene rings is 2. The van der Waals surface area contributed by atoms with Gasteiger partial charge in [0.1, 0.15) is 19.0 Å². The fourth-order valence-electron chi connectivity index (χ4n) is 1.71. The predicted octanol–water partition coefficient (Wildman–Crippen LogP) is 3.85. The molecule has 2 aromatic rings. The van der Waals surface area contributed by atoms with Gasteiger partial charge in [-0.1, -0.05) is 23.7 Å². The Balaban J connectivity index is 1.71. The molecule has 0 aromatic heterocycles. The Kier molecular flexibility index (Phi) is 6.22. The van der Waals surface area contributed by atoms with E-state index in [2.05, 4.69) is 0 Å². The van der Waals surface area contributed by atoms with E-state index in [4.69, 9.17) is 26.3 Å². The molecule has 0 atom stereocenters. The molecule has 5 heteroatoms. The number of ether oxygens (including phenoxy) is 2. The number of hydrogen-bond acceptors (Lipinski definition) is 4. The van der Waals surface area contributed by atoms with Crippen molar-refractivity contribution in [3.05, 3.63) is 70.8 Å². The van der Waals surface area contributed by atoms with E-state index in [1.54, 1.807) is 54.6 Å². The van der Waals surface area contributed by atoms with Gasteiger partial charge >= 0.3 is 5.97 Å². The Morgan fingerprint density at radius 1 is 1.09 bits per heavy atom. The molecule has 0 heterocycles. The van der Waals surface area contributed by atoms with Crippen molar-refractivity contribution < 1.29 is 14.3 Å². The lowest BCUT2D eigenvalue weighted by Crippen LogP contribution is -2.10. The van der Waals surface area contributed by atoms with Crippen LogP contribution in [0.25, 0.3) is 6.08 Å². The summed E-state index contributed by atoms with van der Waals surface area (Å²) in [5.74, 6) is 0.215. The average Bonchev–Trinajstić information content (AvgIpc) is 2.59. The molecule has 0 saturated carbocycles. The standard InChI is InChI=1S/C18H14ClNO3/c19-16-6-8-17(9-7-16)22-11-12-23-18(21)10-5-14-1-3-15(13-20)4-2-14/h1-10H,11-12H2/b10-5+. The number of carbonyl (C=O) groups excluding carboxylic acids is 1. The summed E-state index contributed by atoms with van der Waals surface area (Å²) < 4.78 is 10.4. The lowest BCUT2D eigenvalue weighted by molar-refractivity contribution is -0.138. The highest BCUT2D eigenvalue weighted by Crippen LogP contribution is 2.15. The van der Waals surface area contributed by atoms with Gasteiger partial charge in [-0.2, -0.15) is 5.26 Å². The van der Waals surface area contributed by atoms with Crippen LogP contribution in [0.15, 0.2) is 54.6 Å². The summed E-state index contributed by atoms with van der Waals surface area (Å²) in [6.45, 7) is 0.414. The number of nitrogens with zero attached hydrogens (tertiary/aromatic N) is 1. The van der Waals surface area contributed by atoms with Crippen LogP contribution in [0.3, 0.4) is 0 Å². The average molecular weight is 328 g/mol. The highest BCUT2D eigenvalue weighted by Gasteiger charge is 1.99. The number of rotatable bonds is 6. The molecule has 2 aromatic carbocycles. The maximum Gasteiger partial charge on any atom is 0.330 e. The molecule has 2 rings (SSSR count). The molecule has 0 aliphatic rings. The SMILES string of the molecule is N#Cc1ccc(/C=C/C(=O)OCCOc2ccc(Cl)cc2)cc1. The highest BCUT2D eigenvalue weighted by atomic mass is 35.5. The van der Waals surface area contributed by atoms with Gasteiger partial charge in [0.2, 0.25) is 0 Å². The van der Waals surface area contributed by atoms with Crippen molar-refractivity contribution in [2.45, 2.75) is 0 Å². The van der Waals surface area contributed by atoms with Crippen LogP contribution in [0.1, 0.15) is 11.1 Å². The third-order valence-corrected chi connectivity index (χ3v) is 3.11. The second-order valence-electron chi connectivity index (χ2n) is 4.54. The minimum atomic E-state index is -0.450. The number of carbonyl (C=O) groups is 1. The first kappa shape index (κ1) is 16.6. The van der Waals surface area contributed by atoms with Gasteiger partial charge in [0.15, 0.2) is 0 Å². The van der Waals surface area contributed by atoms with Gasteiger partial charge in [-0.15, -0.1) is 0 Å². The van der Waals surface area contributed by atoms with Crippen LogP contribution in [0.5, 0.6) is 5.75 Å². The summed E-state index contributed by atoms with van der Waals surface area (Å²) in [5.41, 5.74) is 1.39. The Hall–Kier alpha value is -2.77. The van der Waals surface area contributed by atoms with Gasteiger partial charge in [-0.05, 0) is 48.0 Å². The third-order valence-electron chi connectivity index (χ3n) is 2.86. The van der Waals surface area contributed by atoms with Crippen LogP contribution in [0, 0.1) is 11.3 Å². The van der Waals surface area contributed by atoms with E-state index in [1.165, 1.54) is 6.08 Å². The summed E-state index contributed by atoms with van der Waals surface area (Å²) in [5, 5.41) is 9.34. The maximum absolute atomic E-state index is 11.6. The highest BCUT2D eigenvalue weighted by molar-refractivity contribution is 6.30. The maximum atomic E-state index is 11.6. The molecule has 0 aliphatic heterocycles. The van der Waals surface area contributed by atoms with Gasteiger partial charge in [0.05, 0.1) is 11.6 Å². The fourth-order valence-corrected chi connectivity index (χ4v) is 1.84. The van der Waals surface area contributed by atoms with Gasteiger partial charge in [0, 0.05) is 11.1 Å². The Morgan fingerprint density at radius 2 is 1.78 bits per heavy atom. The minimum absolute atomic E-state index is 0.152. The fraction of sp³-hybridized carbons (Fsp3) is 0.111. The summed E-state index contributed by atoms with van der Waals surface area (Å²) in [7, 11) is 0. The topological polar surface area (TPSA) is 59.3 Å². The summed E-state index contributed by atoms with van der Waals surface area (Å²) >= 11 is 5.77. The van der Waals surface area contributed by atoms with Crippen LogP contribution in [0.2, 0.25) is 5.02 Å². The van der Waals surface area contributed by atoms with Crippen LogP contribution in [0.4, 0.5) is 0 Å². The summed E-state index contributed by atoms with van der Waals surface area (Å²) in [6, 6.07) is 15.9. The zero-order chi connectivity index (χ0) is 16.5. The van der Waals surface area contributed by atoms with Crippen molar-refractivity contribution >= 4 is 23.6 Å². The Morgan fingerprint density at radius 3 is 2.43 bits per heavy atom. The smallest absolute Gasteiger partial charge is 0.330 e. The van der Waals surface area contributed by atoms with Gasteiger partial charge in [-0.3, -0.25) is 0 Å². The quantitative estimate of drug-likeness (QED) is 0.459. The molecule has 23 heavy (non-hydrogen) atoms. The van der Waals surface area contributed by atoms with Crippen molar-refractivity contribution in [3.63, 3.8) is 0 Å². The van der Waals surface area contributed by atoms with Crippen molar-refractivity contribution in [1.29, 1.82) is 5.26 Å². The largest absolute Gasteiger partial charge is 0.490 e. The van der Waals surface area contributed by atoms with Crippen LogP contribution >= 0.6 is 11.6 Å². The van der Waals surface area contributed by atoms with E-state index < -0.39 is 5.97 Å². The van der Waals surface area contributed by atoms with Crippen molar-refractivity contribution in [1.82, 2.24) is 0 Å². The minimum Gasteiger partial charge on any atom is -0.490 e. The molecule has 0 spiro atoms. The van der Waals surface area contributed by atoms with Crippen molar-refractivity contribution in [3.8, 4) is 11.8 Å². The first-order valence-corrected chi connectivity index (χ1v) is 7.28. The van der Waals surface area contributed by atoms with Gasteiger partial charge in [-0.25, -0.2) is 4.79 Å². The second kappa shape index (κ2) is 8.62. The first-order valence-electron chi connectivity index (χ1n) is 6.91. The molecule has 0 fully saturated rings. The molecular formula is C18H14ClNO3. The lowest BCUT2D eigenvalue weighted by Gasteiger charge is -2.06. The third kappa shape index (κ3) is 5.85. The molecule has 0 N–H and O–H groups in total. The number of nitriles is 1. The molecular weight excluding hydrogens is 314 g/mol. The number of halogens is 1. The van der Waals surface area contributed by atoms with E-state index in [1.807, 2.05) is 6.07 Å². The molecule has 116 valence electrons. The Labute approximate surface area is 139 Å². The predicted molar refractivity (Wildman–Crippen MR) is 88.1 cm³/mol. The van der Waals surface area contributed by atoms with Crippen molar-refractivity contribution in [2.24, 2.45) is 0 Å². The lowest BCUT2D eigenvalue weighted by atomic mass is 10.1. The van der Waals surface area contributed by atoms with E-state index in [0.717, 1.165) is 5.56 Å². The number of esters is 1. The van der Waals surface area contributed by atoms with Crippen molar-refractivity contribution in [2.75, 3.05) is 13.2 Å². The van der Waals surface area contributed by atoms with Gasteiger partial charge in [0.25, 0.3) is 0 Å². The van der Waals surface area contributed by atoms with Gasteiger partial charge < -0.3 is 9.47 Å². The molecule has 0 unspecified atom stereocenters. The van der Waals surface area contributed by atoms with Crippen LogP contribution in [-0.2, 0) is 9.53 Å². The molecule has 0 radical (unpaired) electrons. The zero-order valence-corrected chi connectivity index (χ0v) is 13.0. The summed E-state index contributed by atoms with van der Waals surface area (Å²) in [4.78, 5) is 11.6. The number of hydrogen-bond donors (Lipinski definition) is 0.